The molecule has 0 N–H and O–H groups in total. The fourth-order valence-electron chi connectivity index (χ4n) is 2.34. The molecule has 0 saturated carbocycles. The molecule has 0 spiro atoms. The average Bonchev–Trinajstić information content (AvgIpc) is 3.01. The Morgan fingerprint density at radius 2 is 1.65 bits per heavy atom. The van der Waals surface area contributed by atoms with Gasteiger partial charge in [0.25, 0.3) is 0 Å². The Morgan fingerprint density at radius 1 is 1.00 bits per heavy atom. The highest BCUT2D eigenvalue weighted by Crippen LogP contribution is 2.35. The zero-order valence-corrected chi connectivity index (χ0v) is 13.4. The van der Waals surface area contributed by atoms with Crippen molar-refractivity contribution in [1.29, 1.82) is 0 Å². The number of carbonyl (C=O) groups is 1. The second-order valence-corrected chi connectivity index (χ2v) is 7.31. The van der Waals surface area contributed by atoms with Crippen LogP contribution in [0.15, 0.2) is 52.3 Å². The highest BCUT2D eigenvalue weighted by molar-refractivity contribution is 7.91. The predicted molar refractivity (Wildman–Crippen MR) is 83.5 cm³/mol. The van der Waals surface area contributed by atoms with Crippen LogP contribution in [0.5, 0.6) is 11.5 Å². The van der Waals surface area contributed by atoms with Gasteiger partial charge in [-0.2, -0.15) is 0 Å². The molecule has 6 heteroatoms. The Bertz CT molecular complexity index is 838. The molecule has 0 radical (unpaired) electrons. The molecule has 1 heterocycles. The van der Waals surface area contributed by atoms with E-state index in [-0.39, 0.29) is 22.4 Å². The number of hydrogen-bond donors (Lipinski definition) is 0. The van der Waals surface area contributed by atoms with Gasteiger partial charge in [0.2, 0.25) is 16.6 Å². The topological polar surface area (TPSA) is 69.7 Å². The largest absolute Gasteiger partial charge is 0.454 e. The second-order valence-electron chi connectivity index (χ2n) is 5.36. The third-order valence-corrected chi connectivity index (χ3v) is 5.42. The standard InChI is InChI=1S/C17H16O5S/c1-12(18)2-3-13-4-6-14(7-5-13)23(19,20)15-8-9-16-17(10-15)22-11-21-16/h4-10H,2-3,11H2,1H3. The van der Waals surface area contributed by atoms with E-state index in [1.165, 1.54) is 12.1 Å². The van der Waals surface area contributed by atoms with Crippen LogP contribution in [0, 0.1) is 0 Å². The Balaban J connectivity index is 1.86. The van der Waals surface area contributed by atoms with Crippen LogP contribution < -0.4 is 9.47 Å². The highest BCUT2D eigenvalue weighted by Gasteiger charge is 2.22. The van der Waals surface area contributed by atoms with Crippen molar-refractivity contribution in [2.45, 2.75) is 29.6 Å². The van der Waals surface area contributed by atoms with Crippen LogP contribution in [0.25, 0.3) is 0 Å². The van der Waals surface area contributed by atoms with E-state index < -0.39 is 9.84 Å². The van der Waals surface area contributed by atoms with Crippen LogP contribution in [0.2, 0.25) is 0 Å². The van der Waals surface area contributed by atoms with Crippen molar-refractivity contribution in [3.8, 4) is 11.5 Å². The first-order valence-corrected chi connectivity index (χ1v) is 8.68. The monoisotopic (exact) mass is 332 g/mol. The van der Waals surface area contributed by atoms with Gasteiger partial charge < -0.3 is 14.3 Å². The van der Waals surface area contributed by atoms with Crippen molar-refractivity contribution >= 4 is 15.6 Å². The van der Waals surface area contributed by atoms with Gasteiger partial charge in [-0.15, -0.1) is 0 Å². The molecule has 0 amide bonds. The van der Waals surface area contributed by atoms with E-state index in [1.54, 1.807) is 37.3 Å². The number of benzene rings is 2. The molecule has 0 unspecified atom stereocenters. The molecule has 1 aliphatic rings. The maximum atomic E-state index is 12.7. The zero-order chi connectivity index (χ0) is 16.4. The van der Waals surface area contributed by atoms with Crippen molar-refractivity contribution in [1.82, 2.24) is 0 Å². The van der Waals surface area contributed by atoms with Crippen LogP contribution in [0.3, 0.4) is 0 Å². The molecule has 0 bridgehead atoms. The van der Waals surface area contributed by atoms with Gasteiger partial charge >= 0.3 is 0 Å². The molecule has 23 heavy (non-hydrogen) atoms. The number of carbonyl (C=O) groups excluding carboxylic acids is 1. The minimum Gasteiger partial charge on any atom is -0.454 e. The molecule has 5 nitrogen and oxygen atoms in total. The molecule has 2 aromatic rings. The minimum absolute atomic E-state index is 0.101. The minimum atomic E-state index is -3.61. The molecule has 0 saturated heterocycles. The number of ketones is 1. The number of ether oxygens (including phenoxy) is 2. The summed E-state index contributed by atoms with van der Waals surface area (Å²) in [5, 5.41) is 0. The predicted octanol–water partition coefficient (Wildman–Crippen LogP) is 2.77. The maximum Gasteiger partial charge on any atom is 0.231 e. The van der Waals surface area contributed by atoms with Crippen LogP contribution in [0.4, 0.5) is 0 Å². The lowest BCUT2D eigenvalue weighted by Crippen LogP contribution is -2.02. The van der Waals surface area contributed by atoms with Gasteiger partial charge in [0, 0.05) is 12.5 Å². The summed E-state index contributed by atoms with van der Waals surface area (Å²) in [4.78, 5) is 11.4. The molecular weight excluding hydrogens is 316 g/mol. The van der Waals surface area contributed by atoms with Gasteiger partial charge in [-0.25, -0.2) is 8.42 Å². The number of sulfone groups is 1. The molecule has 1 aliphatic heterocycles. The van der Waals surface area contributed by atoms with Gasteiger partial charge in [0.1, 0.15) is 5.78 Å². The summed E-state index contributed by atoms with van der Waals surface area (Å²) in [6, 6.07) is 11.2. The van der Waals surface area contributed by atoms with E-state index in [2.05, 4.69) is 0 Å². The van der Waals surface area contributed by atoms with Gasteiger partial charge in [-0.3, -0.25) is 0 Å². The van der Waals surface area contributed by atoms with Gasteiger partial charge in [-0.05, 0) is 43.2 Å². The van der Waals surface area contributed by atoms with Crippen molar-refractivity contribution in [2.24, 2.45) is 0 Å². The number of aryl methyl sites for hydroxylation is 1. The normalized spacial score (nSPS) is 13.1. The number of Topliss-reactive ketones (excluding diaryl/α,β-unsaturated/α-hetero) is 1. The van der Waals surface area contributed by atoms with Crippen molar-refractivity contribution < 1.29 is 22.7 Å². The fourth-order valence-corrected chi connectivity index (χ4v) is 3.61. The molecule has 2 aromatic carbocycles. The Labute approximate surface area is 134 Å². The Morgan fingerprint density at radius 3 is 2.35 bits per heavy atom. The molecule has 0 fully saturated rings. The summed E-state index contributed by atoms with van der Waals surface area (Å²) in [6.45, 7) is 1.64. The zero-order valence-electron chi connectivity index (χ0n) is 12.6. The van der Waals surface area contributed by atoms with E-state index in [9.17, 15) is 13.2 Å². The lowest BCUT2D eigenvalue weighted by Gasteiger charge is -2.07. The molecule has 0 atom stereocenters. The number of fused-ring (bicyclic) bond motifs is 1. The average molecular weight is 332 g/mol. The van der Waals surface area contributed by atoms with Gasteiger partial charge in [0.05, 0.1) is 9.79 Å². The third kappa shape index (κ3) is 3.22. The third-order valence-electron chi connectivity index (χ3n) is 3.65. The van der Waals surface area contributed by atoms with Crippen LogP contribution in [-0.4, -0.2) is 21.0 Å². The lowest BCUT2D eigenvalue weighted by molar-refractivity contribution is -0.116. The molecular formula is C17H16O5S. The number of hydrogen-bond acceptors (Lipinski definition) is 5. The van der Waals surface area contributed by atoms with E-state index in [4.69, 9.17) is 9.47 Å². The Kier molecular flexibility index (Phi) is 4.09. The highest BCUT2D eigenvalue weighted by atomic mass is 32.2. The van der Waals surface area contributed by atoms with Crippen LogP contribution in [-0.2, 0) is 21.1 Å². The van der Waals surface area contributed by atoms with E-state index in [0.717, 1.165) is 5.56 Å². The van der Waals surface area contributed by atoms with Crippen molar-refractivity contribution in [2.75, 3.05) is 6.79 Å². The smallest absolute Gasteiger partial charge is 0.231 e. The van der Waals surface area contributed by atoms with Gasteiger partial charge in [-0.1, -0.05) is 12.1 Å². The fraction of sp³-hybridized carbons (Fsp3) is 0.235. The summed E-state index contributed by atoms with van der Waals surface area (Å²) in [5.74, 6) is 1.09. The van der Waals surface area contributed by atoms with Crippen LogP contribution >= 0.6 is 0 Å². The van der Waals surface area contributed by atoms with Crippen molar-refractivity contribution in [3.63, 3.8) is 0 Å². The summed E-state index contributed by atoms with van der Waals surface area (Å²) in [6.07, 6.45) is 1.06. The first-order chi connectivity index (χ1) is 11.0. The summed E-state index contributed by atoms with van der Waals surface area (Å²) < 4.78 is 35.7. The first-order valence-electron chi connectivity index (χ1n) is 7.20. The van der Waals surface area contributed by atoms with E-state index >= 15 is 0 Å². The first kappa shape index (κ1) is 15.6. The van der Waals surface area contributed by atoms with Crippen LogP contribution in [0.1, 0.15) is 18.9 Å². The molecule has 0 aromatic heterocycles. The van der Waals surface area contributed by atoms with E-state index in [0.29, 0.717) is 24.3 Å². The number of rotatable bonds is 5. The van der Waals surface area contributed by atoms with Gasteiger partial charge in [0.15, 0.2) is 11.5 Å². The quantitative estimate of drug-likeness (QED) is 0.842. The molecule has 0 aliphatic carbocycles. The summed E-state index contributed by atoms with van der Waals surface area (Å²) >= 11 is 0. The lowest BCUT2D eigenvalue weighted by atomic mass is 10.1. The second kappa shape index (κ2) is 6.04. The molecule has 3 rings (SSSR count). The summed E-state index contributed by atoms with van der Waals surface area (Å²) in [7, 11) is -3.61. The summed E-state index contributed by atoms with van der Waals surface area (Å²) in [5.41, 5.74) is 0.935. The van der Waals surface area contributed by atoms with Crippen molar-refractivity contribution in [3.05, 3.63) is 48.0 Å². The Hall–Kier alpha value is -2.34. The maximum absolute atomic E-state index is 12.7. The SMILES string of the molecule is CC(=O)CCc1ccc(S(=O)(=O)c2ccc3c(c2)OCO3)cc1. The molecule has 120 valence electrons. The van der Waals surface area contributed by atoms with E-state index in [1.807, 2.05) is 0 Å².